The predicted octanol–water partition coefficient (Wildman–Crippen LogP) is 3.72. The highest BCUT2D eigenvalue weighted by Gasteiger charge is 2.03. The molecule has 0 saturated carbocycles. The molecule has 2 heterocycles. The number of rotatable bonds is 6. The van der Waals surface area contributed by atoms with Crippen molar-refractivity contribution in [1.82, 2.24) is 9.38 Å². The summed E-state index contributed by atoms with van der Waals surface area (Å²) < 4.78 is 7.17. The van der Waals surface area contributed by atoms with E-state index in [0.29, 0.717) is 17.4 Å². The highest BCUT2D eigenvalue weighted by Crippen LogP contribution is 2.16. The molecule has 0 fully saturated rings. The zero-order valence-corrected chi connectivity index (χ0v) is 14.0. The minimum atomic E-state index is -0.0285. The summed E-state index contributed by atoms with van der Waals surface area (Å²) in [5.41, 5.74) is 0.781. The second-order valence-corrected chi connectivity index (χ2v) is 6.91. The molecular weight excluding hydrogens is 340 g/mol. The first-order chi connectivity index (χ1) is 10.7. The zero-order valence-electron chi connectivity index (χ0n) is 11.6. The number of thioether (sulfide) groups is 1. The lowest BCUT2D eigenvalue weighted by atomic mass is 10.3. The number of hydrogen-bond acceptors (Lipinski definition) is 5. The zero-order chi connectivity index (χ0) is 15.4. The molecule has 4 nitrogen and oxygen atoms in total. The topological polar surface area (TPSA) is 43.6 Å². The Labute approximate surface area is 140 Å². The van der Waals surface area contributed by atoms with E-state index in [1.807, 2.05) is 17.5 Å². The Balaban J connectivity index is 1.48. The van der Waals surface area contributed by atoms with Gasteiger partial charge in [-0.3, -0.25) is 9.20 Å². The molecule has 0 amide bonds. The van der Waals surface area contributed by atoms with Crippen molar-refractivity contribution in [3.8, 4) is 5.75 Å². The Bertz CT molecular complexity index is 814. The summed E-state index contributed by atoms with van der Waals surface area (Å²) in [5.74, 6) is 2.34. The van der Waals surface area contributed by atoms with Crippen LogP contribution in [0.25, 0.3) is 4.96 Å². The molecule has 0 bridgehead atoms. The summed E-state index contributed by atoms with van der Waals surface area (Å²) in [6.07, 6.45) is 1.74. The molecule has 0 atom stereocenters. The fourth-order valence-electron chi connectivity index (χ4n) is 1.89. The Morgan fingerprint density at radius 1 is 1.32 bits per heavy atom. The summed E-state index contributed by atoms with van der Waals surface area (Å²) in [5, 5.41) is 2.56. The van der Waals surface area contributed by atoms with Gasteiger partial charge in [0, 0.05) is 34.2 Å². The van der Waals surface area contributed by atoms with Crippen LogP contribution < -0.4 is 10.3 Å². The standard InChI is InChI=1S/C15H13ClN2O2S2/c16-11-1-3-13(4-2-11)20-6-8-21-10-12-9-14(19)18-5-7-22-15(18)17-12/h1-5,7,9H,6,8,10H2. The van der Waals surface area contributed by atoms with Crippen LogP contribution in [0.5, 0.6) is 5.75 Å². The molecule has 1 aromatic carbocycles. The smallest absolute Gasteiger partial charge is 0.258 e. The molecule has 3 rings (SSSR count). The Hall–Kier alpha value is -1.50. The fraction of sp³-hybridized carbons (Fsp3) is 0.200. The van der Waals surface area contributed by atoms with Gasteiger partial charge in [-0.1, -0.05) is 11.6 Å². The predicted molar refractivity (Wildman–Crippen MR) is 92.4 cm³/mol. The van der Waals surface area contributed by atoms with Gasteiger partial charge >= 0.3 is 0 Å². The molecule has 0 unspecified atom stereocenters. The third-order valence-corrected chi connectivity index (χ3v) is 4.88. The van der Waals surface area contributed by atoms with E-state index in [4.69, 9.17) is 16.3 Å². The van der Waals surface area contributed by atoms with Crippen molar-refractivity contribution in [3.05, 3.63) is 63.0 Å². The van der Waals surface area contributed by atoms with E-state index in [0.717, 1.165) is 22.2 Å². The number of halogens is 1. The number of aromatic nitrogens is 2. The monoisotopic (exact) mass is 352 g/mol. The molecule has 2 aromatic heterocycles. The molecule has 7 heteroatoms. The molecular formula is C15H13ClN2O2S2. The fourth-order valence-corrected chi connectivity index (χ4v) is 3.45. The van der Waals surface area contributed by atoms with E-state index in [1.54, 1.807) is 40.6 Å². The largest absolute Gasteiger partial charge is 0.493 e. The normalized spacial score (nSPS) is 11.0. The summed E-state index contributed by atoms with van der Waals surface area (Å²) in [7, 11) is 0. The van der Waals surface area contributed by atoms with Crippen LogP contribution >= 0.6 is 34.7 Å². The van der Waals surface area contributed by atoms with E-state index in [2.05, 4.69) is 4.98 Å². The number of nitrogens with zero attached hydrogens (tertiary/aromatic N) is 2. The van der Waals surface area contributed by atoms with E-state index in [-0.39, 0.29) is 5.56 Å². The van der Waals surface area contributed by atoms with E-state index >= 15 is 0 Å². The van der Waals surface area contributed by atoms with Crippen molar-refractivity contribution in [2.24, 2.45) is 0 Å². The van der Waals surface area contributed by atoms with Crippen molar-refractivity contribution in [2.45, 2.75) is 5.75 Å². The van der Waals surface area contributed by atoms with Gasteiger partial charge in [-0.25, -0.2) is 4.98 Å². The van der Waals surface area contributed by atoms with Crippen LogP contribution in [-0.4, -0.2) is 21.7 Å². The maximum atomic E-state index is 11.8. The number of benzene rings is 1. The summed E-state index contributed by atoms with van der Waals surface area (Å²) >= 11 is 8.97. The highest BCUT2D eigenvalue weighted by atomic mass is 35.5. The molecule has 0 N–H and O–H groups in total. The molecule has 0 aliphatic rings. The van der Waals surface area contributed by atoms with Crippen molar-refractivity contribution in [3.63, 3.8) is 0 Å². The maximum absolute atomic E-state index is 11.8. The van der Waals surface area contributed by atoms with E-state index in [9.17, 15) is 4.79 Å². The van der Waals surface area contributed by atoms with Gasteiger partial charge in [-0.05, 0) is 24.3 Å². The van der Waals surface area contributed by atoms with Crippen LogP contribution in [0.1, 0.15) is 5.69 Å². The van der Waals surface area contributed by atoms with Gasteiger partial charge in [-0.2, -0.15) is 11.8 Å². The highest BCUT2D eigenvalue weighted by molar-refractivity contribution is 7.98. The second kappa shape index (κ2) is 7.17. The van der Waals surface area contributed by atoms with Gasteiger partial charge in [0.1, 0.15) is 5.75 Å². The summed E-state index contributed by atoms with van der Waals surface area (Å²) in [6.45, 7) is 0.604. The minimum Gasteiger partial charge on any atom is -0.493 e. The van der Waals surface area contributed by atoms with Gasteiger partial charge in [0.2, 0.25) is 0 Å². The summed E-state index contributed by atoms with van der Waals surface area (Å²) in [6, 6.07) is 8.89. The second-order valence-electron chi connectivity index (χ2n) is 4.50. The average Bonchev–Trinajstić information content (AvgIpc) is 2.98. The lowest BCUT2D eigenvalue weighted by Gasteiger charge is -2.06. The number of thiazole rings is 1. The molecule has 0 aliphatic carbocycles. The molecule has 3 aromatic rings. The lowest BCUT2D eigenvalue weighted by Crippen LogP contribution is -2.12. The first kappa shape index (κ1) is 15.4. The van der Waals surface area contributed by atoms with E-state index in [1.165, 1.54) is 11.3 Å². The number of fused-ring (bicyclic) bond motifs is 1. The Morgan fingerprint density at radius 3 is 2.95 bits per heavy atom. The lowest BCUT2D eigenvalue weighted by molar-refractivity contribution is 0.344. The molecule has 0 aliphatic heterocycles. The van der Waals surface area contributed by atoms with Gasteiger partial charge in [-0.15, -0.1) is 11.3 Å². The molecule has 114 valence electrons. The van der Waals surface area contributed by atoms with Crippen molar-refractivity contribution < 1.29 is 4.74 Å². The van der Waals surface area contributed by atoms with Crippen LogP contribution in [-0.2, 0) is 5.75 Å². The molecule has 0 spiro atoms. The van der Waals surface area contributed by atoms with Crippen LogP contribution in [0.4, 0.5) is 0 Å². The number of ether oxygens (including phenoxy) is 1. The third-order valence-electron chi connectivity index (χ3n) is 2.92. The first-order valence-electron chi connectivity index (χ1n) is 6.64. The van der Waals surface area contributed by atoms with Gasteiger partial charge in [0.25, 0.3) is 5.56 Å². The van der Waals surface area contributed by atoms with Gasteiger partial charge in [0.15, 0.2) is 4.96 Å². The first-order valence-corrected chi connectivity index (χ1v) is 9.05. The van der Waals surface area contributed by atoms with Crippen LogP contribution in [0, 0.1) is 0 Å². The molecule has 0 radical (unpaired) electrons. The van der Waals surface area contributed by atoms with Gasteiger partial charge < -0.3 is 4.74 Å². The average molecular weight is 353 g/mol. The molecule has 22 heavy (non-hydrogen) atoms. The van der Waals surface area contributed by atoms with Crippen LogP contribution in [0.2, 0.25) is 5.02 Å². The summed E-state index contributed by atoms with van der Waals surface area (Å²) in [4.78, 5) is 17.1. The van der Waals surface area contributed by atoms with Crippen LogP contribution in [0.3, 0.4) is 0 Å². The van der Waals surface area contributed by atoms with Crippen molar-refractivity contribution >= 4 is 39.7 Å². The van der Waals surface area contributed by atoms with E-state index < -0.39 is 0 Å². The third kappa shape index (κ3) is 3.82. The van der Waals surface area contributed by atoms with Gasteiger partial charge in [0.05, 0.1) is 12.3 Å². The van der Waals surface area contributed by atoms with Crippen molar-refractivity contribution in [1.29, 1.82) is 0 Å². The van der Waals surface area contributed by atoms with Crippen LogP contribution in [0.15, 0.2) is 46.7 Å². The minimum absolute atomic E-state index is 0.0285. The SMILES string of the molecule is O=c1cc(CSCCOc2ccc(Cl)cc2)nc2sccn12. The quantitative estimate of drug-likeness (QED) is 0.634. The number of hydrogen-bond donors (Lipinski definition) is 0. The molecule has 0 saturated heterocycles. The Kier molecular flexibility index (Phi) is 5.02. The maximum Gasteiger partial charge on any atom is 0.258 e. The van der Waals surface area contributed by atoms with Crippen molar-refractivity contribution in [2.75, 3.05) is 12.4 Å². The Morgan fingerprint density at radius 2 is 2.14 bits per heavy atom.